The number of carbonyl (C=O) groups is 2. The maximum Gasteiger partial charge on any atom is 0.262 e. The molecule has 1 aromatic heterocycles. The number of thiazole rings is 1. The molecule has 0 saturated heterocycles. The molecule has 3 rings (SSSR count). The summed E-state index contributed by atoms with van der Waals surface area (Å²) in [5.74, 6) is -0.646. The molecule has 156 valence electrons. The molecule has 0 bridgehead atoms. The van der Waals surface area contributed by atoms with Crippen molar-refractivity contribution in [1.82, 2.24) is 10.3 Å². The number of hydrogen-bond donors (Lipinski definition) is 1. The van der Waals surface area contributed by atoms with Crippen molar-refractivity contribution >= 4 is 40.0 Å². The highest BCUT2D eigenvalue weighted by Crippen LogP contribution is 2.30. The number of benzene rings is 2. The van der Waals surface area contributed by atoms with Gasteiger partial charge in [-0.25, -0.2) is 4.98 Å². The summed E-state index contributed by atoms with van der Waals surface area (Å²) in [6.45, 7) is 5.80. The fraction of sp³-hybridized carbons (Fsp3) is 0.167. The van der Waals surface area contributed by atoms with Crippen molar-refractivity contribution in [3.63, 3.8) is 0 Å². The van der Waals surface area contributed by atoms with Gasteiger partial charge in [0.05, 0.1) is 11.4 Å². The molecule has 1 N–H and O–H groups in total. The van der Waals surface area contributed by atoms with Crippen LogP contribution >= 0.6 is 11.3 Å². The second-order valence-electron chi connectivity index (χ2n) is 7.02. The fourth-order valence-electron chi connectivity index (χ4n) is 2.91. The highest BCUT2D eigenvalue weighted by atomic mass is 32.1. The first-order valence-corrected chi connectivity index (χ1v) is 10.5. The van der Waals surface area contributed by atoms with Crippen LogP contribution in [-0.2, 0) is 16.1 Å². The van der Waals surface area contributed by atoms with E-state index in [9.17, 15) is 14.9 Å². The van der Waals surface area contributed by atoms with Gasteiger partial charge >= 0.3 is 0 Å². The van der Waals surface area contributed by atoms with E-state index in [2.05, 4.69) is 10.3 Å². The average molecular weight is 431 g/mol. The summed E-state index contributed by atoms with van der Waals surface area (Å²) in [5, 5.41) is 14.4. The molecule has 0 unspecified atom stereocenters. The molecular weight excluding hydrogens is 408 g/mol. The van der Waals surface area contributed by atoms with E-state index in [1.54, 1.807) is 5.38 Å². The summed E-state index contributed by atoms with van der Waals surface area (Å²) < 4.78 is 0. The van der Waals surface area contributed by atoms with Gasteiger partial charge in [-0.1, -0.05) is 36.4 Å². The van der Waals surface area contributed by atoms with E-state index in [1.807, 2.05) is 68.4 Å². The standard InChI is InChI=1S/C24H22N4O2S/c1-16-9-10-22(11-17(16)2)28(18(3)29)24-27-21(15-31-24)12-20(13-25)23(30)26-14-19-7-5-4-6-8-19/h4-12,15H,14H2,1-3H3,(H,26,30)/b20-12+. The molecule has 2 aromatic carbocycles. The highest BCUT2D eigenvalue weighted by Gasteiger charge is 2.19. The van der Waals surface area contributed by atoms with Crippen LogP contribution < -0.4 is 10.2 Å². The second kappa shape index (κ2) is 9.83. The molecule has 0 spiro atoms. The van der Waals surface area contributed by atoms with E-state index in [-0.39, 0.29) is 11.5 Å². The second-order valence-corrected chi connectivity index (χ2v) is 7.85. The molecule has 31 heavy (non-hydrogen) atoms. The first-order valence-electron chi connectivity index (χ1n) is 9.66. The third-order valence-electron chi connectivity index (χ3n) is 4.72. The summed E-state index contributed by atoms with van der Waals surface area (Å²) >= 11 is 1.27. The summed E-state index contributed by atoms with van der Waals surface area (Å²) in [7, 11) is 0. The number of carbonyl (C=O) groups excluding carboxylic acids is 2. The van der Waals surface area contributed by atoms with Gasteiger partial charge in [0.1, 0.15) is 11.6 Å². The Hall–Kier alpha value is -3.76. The average Bonchev–Trinajstić information content (AvgIpc) is 3.21. The van der Waals surface area contributed by atoms with Crippen LogP contribution in [0.4, 0.5) is 10.8 Å². The van der Waals surface area contributed by atoms with Gasteiger partial charge in [-0.05, 0) is 48.7 Å². The topological polar surface area (TPSA) is 86.1 Å². The summed E-state index contributed by atoms with van der Waals surface area (Å²) in [5.41, 5.74) is 4.27. The number of nitrogens with one attached hydrogen (secondary N) is 1. The molecule has 0 radical (unpaired) electrons. The van der Waals surface area contributed by atoms with Crippen molar-refractivity contribution in [1.29, 1.82) is 5.26 Å². The van der Waals surface area contributed by atoms with Crippen LogP contribution in [0.5, 0.6) is 0 Å². The lowest BCUT2D eigenvalue weighted by Crippen LogP contribution is -2.24. The molecule has 0 aliphatic rings. The van der Waals surface area contributed by atoms with Gasteiger partial charge in [0.25, 0.3) is 5.91 Å². The van der Waals surface area contributed by atoms with Crippen molar-refractivity contribution < 1.29 is 9.59 Å². The maximum absolute atomic E-state index is 12.4. The zero-order chi connectivity index (χ0) is 22.4. The van der Waals surface area contributed by atoms with E-state index in [0.29, 0.717) is 17.4 Å². The van der Waals surface area contributed by atoms with Crippen molar-refractivity contribution in [2.75, 3.05) is 4.90 Å². The van der Waals surface area contributed by atoms with Gasteiger partial charge in [-0.3, -0.25) is 14.5 Å². The molecule has 3 aromatic rings. The van der Waals surface area contributed by atoms with Gasteiger partial charge in [-0.15, -0.1) is 11.3 Å². The smallest absolute Gasteiger partial charge is 0.262 e. The van der Waals surface area contributed by atoms with Crippen molar-refractivity contribution in [2.24, 2.45) is 0 Å². The fourth-order valence-corrected chi connectivity index (χ4v) is 3.75. The molecular formula is C24H22N4O2S. The number of aromatic nitrogens is 1. The van der Waals surface area contributed by atoms with Crippen LogP contribution in [0.1, 0.15) is 29.3 Å². The minimum Gasteiger partial charge on any atom is -0.347 e. The zero-order valence-electron chi connectivity index (χ0n) is 17.5. The monoisotopic (exact) mass is 430 g/mol. The summed E-state index contributed by atoms with van der Waals surface area (Å²) in [4.78, 5) is 30.7. The minimum atomic E-state index is -0.474. The molecule has 0 atom stereocenters. The van der Waals surface area contributed by atoms with Crippen molar-refractivity contribution in [3.8, 4) is 6.07 Å². The molecule has 0 aliphatic carbocycles. The van der Waals surface area contributed by atoms with E-state index in [1.165, 1.54) is 29.2 Å². The molecule has 1 heterocycles. The largest absolute Gasteiger partial charge is 0.347 e. The van der Waals surface area contributed by atoms with Gasteiger partial charge in [-0.2, -0.15) is 5.26 Å². The van der Waals surface area contributed by atoms with Crippen LogP contribution in [0.15, 0.2) is 59.5 Å². The Morgan fingerprint density at radius 3 is 2.55 bits per heavy atom. The lowest BCUT2D eigenvalue weighted by atomic mass is 10.1. The molecule has 0 aliphatic heterocycles. The number of amides is 2. The summed E-state index contributed by atoms with van der Waals surface area (Å²) in [6.07, 6.45) is 1.43. The SMILES string of the molecule is CC(=O)N(c1ccc(C)c(C)c1)c1nc(/C=C(\C#N)C(=O)NCc2ccccc2)cs1. The van der Waals surface area contributed by atoms with Crippen LogP contribution in [0.3, 0.4) is 0 Å². The van der Waals surface area contributed by atoms with Crippen molar-refractivity contribution in [3.05, 3.63) is 81.9 Å². The number of hydrogen-bond acceptors (Lipinski definition) is 5. The van der Waals surface area contributed by atoms with E-state index in [4.69, 9.17) is 0 Å². The Kier molecular flexibility index (Phi) is 6.96. The van der Waals surface area contributed by atoms with Gasteiger partial charge in [0, 0.05) is 18.8 Å². The third-order valence-corrected chi connectivity index (χ3v) is 5.56. The number of anilines is 2. The maximum atomic E-state index is 12.4. The quantitative estimate of drug-likeness (QED) is 0.455. The Morgan fingerprint density at radius 2 is 1.90 bits per heavy atom. The normalized spacial score (nSPS) is 11.0. The van der Waals surface area contributed by atoms with Crippen LogP contribution in [0.25, 0.3) is 6.08 Å². The Labute approximate surface area is 185 Å². The molecule has 2 amide bonds. The number of nitrogens with zero attached hydrogens (tertiary/aromatic N) is 3. The van der Waals surface area contributed by atoms with Crippen LogP contribution in [-0.4, -0.2) is 16.8 Å². The highest BCUT2D eigenvalue weighted by molar-refractivity contribution is 7.14. The summed E-state index contributed by atoms with van der Waals surface area (Å²) in [6, 6.07) is 17.1. The number of aryl methyl sites for hydroxylation is 2. The Balaban J connectivity index is 1.80. The molecule has 7 heteroatoms. The van der Waals surface area contributed by atoms with Gasteiger partial charge in [0.15, 0.2) is 5.13 Å². The first-order chi connectivity index (χ1) is 14.9. The Morgan fingerprint density at radius 1 is 1.16 bits per heavy atom. The zero-order valence-corrected chi connectivity index (χ0v) is 18.4. The van der Waals surface area contributed by atoms with E-state index >= 15 is 0 Å². The number of rotatable bonds is 6. The van der Waals surface area contributed by atoms with Crippen LogP contribution in [0.2, 0.25) is 0 Å². The lowest BCUT2D eigenvalue weighted by molar-refractivity contribution is -0.117. The number of nitriles is 1. The molecule has 6 nitrogen and oxygen atoms in total. The predicted molar refractivity (Wildman–Crippen MR) is 123 cm³/mol. The lowest BCUT2D eigenvalue weighted by Gasteiger charge is -2.19. The minimum absolute atomic E-state index is 0.0478. The molecule has 0 saturated carbocycles. The van der Waals surface area contributed by atoms with E-state index in [0.717, 1.165) is 22.4 Å². The first kappa shape index (κ1) is 21.9. The third kappa shape index (κ3) is 5.44. The van der Waals surface area contributed by atoms with Crippen molar-refractivity contribution in [2.45, 2.75) is 27.3 Å². The van der Waals surface area contributed by atoms with Gasteiger partial charge in [0.2, 0.25) is 5.91 Å². The van der Waals surface area contributed by atoms with Crippen LogP contribution in [0, 0.1) is 25.2 Å². The molecule has 0 fully saturated rings. The Bertz CT molecular complexity index is 1180. The predicted octanol–water partition coefficient (Wildman–Crippen LogP) is 4.67. The van der Waals surface area contributed by atoms with Gasteiger partial charge < -0.3 is 5.32 Å². The van der Waals surface area contributed by atoms with E-state index < -0.39 is 5.91 Å².